The Morgan fingerprint density at radius 3 is 2.27 bits per heavy atom. The first-order valence-electron chi connectivity index (χ1n) is 9.52. The molecule has 5 rings (SSSR count). The lowest BCUT2D eigenvalue weighted by Gasteiger charge is -2.36. The second kappa shape index (κ2) is 6.73. The van der Waals surface area contributed by atoms with Crippen LogP contribution in [0.15, 0.2) is 24.3 Å². The molecule has 0 amide bonds. The third kappa shape index (κ3) is 2.48. The summed E-state index contributed by atoms with van der Waals surface area (Å²) in [4.78, 5) is 12.8. The van der Waals surface area contributed by atoms with Gasteiger partial charge in [0.25, 0.3) is 0 Å². The van der Waals surface area contributed by atoms with Gasteiger partial charge < -0.3 is 28.8 Å². The Morgan fingerprint density at radius 1 is 1.03 bits per heavy atom. The molecule has 2 aliphatic heterocycles. The number of nitriles is 1. The standard InChI is InChI=1S/C22H19NO7/c1-26-17-3-10(4-18(27-2)21(17)24)19-12-6-16-15(29-9-30-16)5-11(12)13(7-23)14-8-28-22(25)20(14)19/h3-6,13-14,19-20,24H,8-9H2,1-2H3/t13-,14-,19-,20+/m1/s1. The molecule has 0 saturated carbocycles. The van der Waals surface area contributed by atoms with E-state index in [1.165, 1.54) is 14.2 Å². The lowest BCUT2D eigenvalue weighted by atomic mass is 9.63. The van der Waals surface area contributed by atoms with E-state index in [0.717, 1.165) is 11.1 Å². The maximum Gasteiger partial charge on any atom is 0.310 e. The Bertz CT molecular complexity index is 1060. The van der Waals surface area contributed by atoms with Crippen LogP contribution in [-0.4, -0.2) is 38.7 Å². The number of cyclic esters (lactones) is 1. The number of carbonyl (C=O) groups is 1. The third-order valence-corrected chi connectivity index (χ3v) is 6.19. The number of ether oxygens (including phenoxy) is 5. The number of fused-ring (bicyclic) bond motifs is 3. The zero-order valence-electron chi connectivity index (χ0n) is 16.4. The molecule has 0 aromatic heterocycles. The Labute approximate surface area is 172 Å². The number of aromatic hydroxyl groups is 1. The van der Waals surface area contributed by atoms with E-state index in [-0.39, 0.29) is 42.5 Å². The summed E-state index contributed by atoms with van der Waals surface area (Å²) in [7, 11) is 2.90. The number of phenolic OH excluding ortho intramolecular Hbond substituents is 1. The Hall–Kier alpha value is -3.60. The minimum absolute atomic E-state index is 0.107. The molecule has 2 aromatic rings. The maximum atomic E-state index is 12.8. The summed E-state index contributed by atoms with van der Waals surface area (Å²) in [5.41, 5.74) is 2.30. The van der Waals surface area contributed by atoms with Crippen LogP contribution >= 0.6 is 0 Å². The molecule has 2 heterocycles. The van der Waals surface area contributed by atoms with E-state index >= 15 is 0 Å². The van der Waals surface area contributed by atoms with Crippen LogP contribution in [0, 0.1) is 23.2 Å². The summed E-state index contributed by atoms with van der Waals surface area (Å²) in [6.07, 6.45) is 0. The molecular formula is C22H19NO7. The average molecular weight is 409 g/mol. The van der Waals surface area contributed by atoms with Gasteiger partial charge in [-0.2, -0.15) is 5.26 Å². The smallest absolute Gasteiger partial charge is 0.310 e. The second-order valence-corrected chi connectivity index (χ2v) is 7.51. The molecule has 1 aliphatic carbocycles. The molecule has 1 N–H and O–H groups in total. The summed E-state index contributed by atoms with van der Waals surface area (Å²) in [5, 5.41) is 20.2. The van der Waals surface area contributed by atoms with Crippen molar-refractivity contribution < 1.29 is 33.6 Å². The van der Waals surface area contributed by atoms with Crippen molar-refractivity contribution >= 4 is 5.97 Å². The van der Waals surface area contributed by atoms with E-state index in [1.807, 2.05) is 12.1 Å². The minimum Gasteiger partial charge on any atom is -0.502 e. The summed E-state index contributed by atoms with van der Waals surface area (Å²) in [6.45, 7) is 0.286. The molecule has 30 heavy (non-hydrogen) atoms. The number of hydrogen-bond acceptors (Lipinski definition) is 8. The van der Waals surface area contributed by atoms with Crippen LogP contribution in [0.2, 0.25) is 0 Å². The fraction of sp³-hybridized carbons (Fsp3) is 0.364. The highest BCUT2D eigenvalue weighted by molar-refractivity contribution is 5.79. The number of hydrogen-bond donors (Lipinski definition) is 1. The molecule has 0 unspecified atom stereocenters. The van der Waals surface area contributed by atoms with Crippen LogP contribution in [0.1, 0.15) is 28.5 Å². The van der Waals surface area contributed by atoms with Crippen LogP contribution in [0.3, 0.4) is 0 Å². The molecule has 1 saturated heterocycles. The Kier molecular flexibility index (Phi) is 4.13. The topological polar surface area (TPSA) is 107 Å². The molecule has 4 atom stereocenters. The molecule has 0 spiro atoms. The summed E-state index contributed by atoms with van der Waals surface area (Å²) in [6, 6.07) is 9.38. The minimum atomic E-state index is -0.554. The van der Waals surface area contributed by atoms with E-state index in [1.54, 1.807) is 12.1 Å². The van der Waals surface area contributed by atoms with Gasteiger partial charge in [-0.25, -0.2) is 0 Å². The molecule has 3 aliphatic rings. The maximum absolute atomic E-state index is 12.8. The number of esters is 1. The van der Waals surface area contributed by atoms with Gasteiger partial charge in [0.1, 0.15) is 0 Å². The van der Waals surface area contributed by atoms with Crippen molar-refractivity contribution in [2.45, 2.75) is 11.8 Å². The third-order valence-electron chi connectivity index (χ3n) is 6.19. The lowest BCUT2D eigenvalue weighted by Crippen LogP contribution is -2.34. The molecule has 0 bridgehead atoms. The number of benzene rings is 2. The Balaban J connectivity index is 1.77. The lowest BCUT2D eigenvalue weighted by molar-refractivity contribution is -0.141. The van der Waals surface area contributed by atoms with Crippen molar-refractivity contribution in [2.75, 3.05) is 27.6 Å². The highest BCUT2D eigenvalue weighted by Gasteiger charge is 2.52. The van der Waals surface area contributed by atoms with Gasteiger partial charge in [0.2, 0.25) is 12.5 Å². The van der Waals surface area contributed by atoms with Crippen molar-refractivity contribution in [3.8, 4) is 34.8 Å². The molecule has 8 nitrogen and oxygen atoms in total. The fourth-order valence-corrected chi connectivity index (χ4v) is 4.82. The van der Waals surface area contributed by atoms with Gasteiger partial charge in [-0.15, -0.1) is 0 Å². The molecule has 2 aromatic carbocycles. The quantitative estimate of drug-likeness (QED) is 0.771. The van der Waals surface area contributed by atoms with E-state index in [4.69, 9.17) is 23.7 Å². The van der Waals surface area contributed by atoms with Crippen LogP contribution in [0.4, 0.5) is 0 Å². The monoisotopic (exact) mass is 409 g/mol. The van der Waals surface area contributed by atoms with Crippen molar-refractivity contribution in [1.29, 1.82) is 5.26 Å². The van der Waals surface area contributed by atoms with Gasteiger partial charge in [-0.3, -0.25) is 4.79 Å². The molecule has 8 heteroatoms. The number of phenols is 1. The first kappa shape index (κ1) is 18.4. The molecule has 1 fully saturated rings. The molecular weight excluding hydrogens is 390 g/mol. The van der Waals surface area contributed by atoms with Crippen molar-refractivity contribution in [1.82, 2.24) is 0 Å². The Morgan fingerprint density at radius 2 is 1.67 bits per heavy atom. The van der Waals surface area contributed by atoms with Crippen molar-refractivity contribution in [3.63, 3.8) is 0 Å². The largest absolute Gasteiger partial charge is 0.502 e. The molecule has 154 valence electrons. The highest BCUT2D eigenvalue weighted by Crippen LogP contribution is 2.55. The zero-order chi connectivity index (χ0) is 21.0. The van der Waals surface area contributed by atoms with Gasteiger partial charge in [0.05, 0.1) is 38.7 Å². The predicted molar refractivity (Wildman–Crippen MR) is 102 cm³/mol. The van der Waals surface area contributed by atoms with Gasteiger partial charge in [0, 0.05) is 11.8 Å². The van der Waals surface area contributed by atoms with Crippen LogP contribution in [0.25, 0.3) is 0 Å². The van der Waals surface area contributed by atoms with Crippen LogP contribution in [0.5, 0.6) is 28.7 Å². The van der Waals surface area contributed by atoms with Gasteiger partial charge in [-0.1, -0.05) is 0 Å². The van der Waals surface area contributed by atoms with Crippen molar-refractivity contribution in [3.05, 3.63) is 41.0 Å². The van der Waals surface area contributed by atoms with E-state index in [0.29, 0.717) is 17.1 Å². The number of nitrogens with zero attached hydrogens (tertiary/aromatic N) is 1. The first-order chi connectivity index (χ1) is 14.6. The predicted octanol–water partition coefficient (Wildman–Crippen LogP) is 2.68. The number of carbonyl (C=O) groups excluding carboxylic acids is 1. The number of rotatable bonds is 3. The normalized spacial score (nSPS) is 25.7. The van der Waals surface area contributed by atoms with E-state index < -0.39 is 17.8 Å². The van der Waals surface area contributed by atoms with Crippen molar-refractivity contribution in [2.24, 2.45) is 11.8 Å². The van der Waals surface area contributed by atoms with Crippen LogP contribution < -0.4 is 18.9 Å². The average Bonchev–Trinajstić information content (AvgIpc) is 3.37. The zero-order valence-corrected chi connectivity index (χ0v) is 16.4. The van der Waals surface area contributed by atoms with E-state index in [9.17, 15) is 15.2 Å². The van der Waals surface area contributed by atoms with E-state index in [2.05, 4.69) is 6.07 Å². The first-order valence-corrected chi connectivity index (χ1v) is 9.52. The summed E-state index contributed by atoms with van der Waals surface area (Å²) >= 11 is 0. The second-order valence-electron chi connectivity index (χ2n) is 7.51. The van der Waals surface area contributed by atoms with Gasteiger partial charge >= 0.3 is 5.97 Å². The summed E-state index contributed by atoms with van der Waals surface area (Å²) < 4.78 is 27.1. The van der Waals surface area contributed by atoms with Gasteiger partial charge in [0.15, 0.2) is 23.0 Å². The molecule has 0 radical (unpaired) electrons. The van der Waals surface area contributed by atoms with Gasteiger partial charge in [-0.05, 0) is 41.0 Å². The summed E-state index contributed by atoms with van der Waals surface area (Å²) in [5.74, 6) is -0.645. The van der Waals surface area contributed by atoms with Crippen LogP contribution in [-0.2, 0) is 9.53 Å². The SMILES string of the molecule is COc1cc([C@@H]2c3cc4c(cc3[C@@H](C#N)[C@H]3COC(=O)[C@H]23)OCO4)cc(OC)c1O. The fourth-order valence-electron chi connectivity index (χ4n) is 4.82. The highest BCUT2D eigenvalue weighted by atomic mass is 16.7. The number of methoxy groups -OCH3 is 2.